The summed E-state index contributed by atoms with van der Waals surface area (Å²) in [7, 11) is 3.11. The normalized spacial score (nSPS) is 25.5. The molecule has 3 atom stereocenters. The zero-order chi connectivity index (χ0) is 33.0. The molecular weight excluding hydrogens is 618 g/mol. The summed E-state index contributed by atoms with van der Waals surface area (Å²) in [4.78, 5) is 13.4. The SMILES string of the molecule is COc1ccc(COCC2COc3cc4c(cc3OC2)[C@]2(CC[C@@](Nc3cccc(Cl)c3)(C(=O)OC)CC2)[C@@H](C[C@@H](C)CO)C4)cc1. The smallest absolute Gasteiger partial charge is 0.331 e. The summed E-state index contributed by atoms with van der Waals surface area (Å²) in [5.41, 5.74) is 3.43. The average Bonchev–Trinajstić information content (AvgIpc) is 3.21. The number of rotatable bonds is 11. The van der Waals surface area contributed by atoms with Crippen molar-refractivity contribution in [3.05, 3.63) is 82.4 Å². The number of hydrogen-bond acceptors (Lipinski definition) is 8. The number of nitrogens with one attached hydrogen (secondary N) is 1. The number of aliphatic hydroxyl groups excluding tert-OH is 1. The zero-order valence-electron chi connectivity index (χ0n) is 27.6. The van der Waals surface area contributed by atoms with E-state index >= 15 is 0 Å². The fourth-order valence-electron chi connectivity index (χ4n) is 7.85. The lowest BCUT2D eigenvalue weighted by Gasteiger charge is -2.47. The van der Waals surface area contributed by atoms with Crippen molar-refractivity contribution in [3.8, 4) is 17.2 Å². The molecule has 6 rings (SSSR count). The third-order valence-corrected chi connectivity index (χ3v) is 10.7. The van der Waals surface area contributed by atoms with Gasteiger partial charge in [-0.15, -0.1) is 0 Å². The minimum absolute atomic E-state index is 0.0931. The van der Waals surface area contributed by atoms with Gasteiger partial charge in [0.2, 0.25) is 0 Å². The lowest BCUT2D eigenvalue weighted by atomic mass is 9.59. The minimum atomic E-state index is -0.856. The Morgan fingerprint density at radius 3 is 2.40 bits per heavy atom. The van der Waals surface area contributed by atoms with E-state index in [-0.39, 0.29) is 29.8 Å². The van der Waals surface area contributed by atoms with Gasteiger partial charge in [0.1, 0.15) is 11.3 Å². The Morgan fingerprint density at radius 2 is 1.74 bits per heavy atom. The number of methoxy groups -OCH3 is 2. The van der Waals surface area contributed by atoms with Crippen LogP contribution in [0, 0.1) is 17.8 Å². The van der Waals surface area contributed by atoms with Crippen LogP contribution in [-0.2, 0) is 32.7 Å². The lowest BCUT2D eigenvalue weighted by molar-refractivity contribution is -0.148. The van der Waals surface area contributed by atoms with E-state index in [9.17, 15) is 9.90 Å². The molecule has 3 aromatic rings. The quantitative estimate of drug-likeness (QED) is 0.212. The fraction of sp³-hybridized carbons (Fsp3) is 0.500. The fourth-order valence-corrected chi connectivity index (χ4v) is 8.04. The molecular formula is C38H46ClNO7. The predicted octanol–water partition coefficient (Wildman–Crippen LogP) is 6.98. The first-order chi connectivity index (χ1) is 22.8. The first-order valence-corrected chi connectivity index (χ1v) is 17.0. The number of carbonyl (C=O) groups is 1. The number of anilines is 1. The van der Waals surface area contributed by atoms with Gasteiger partial charge in [0, 0.05) is 17.3 Å². The molecule has 1 spiro atoms. The number of benzene rings is 3. The van der Waals surface area contributed by atoms with E-state index < -0.39 is 5.54 Å². The molecule has 1 saturated carbocycles. The van der Waals surface area contributed by atoms with Gasteiger partial charge in [-0.05, 0) is 115 Å². The summed E-state index contributed by atoms with van der Waals surface area (Å²) in [5, 5.41) is 14.1. The summed E-state index contributed by atoms with van der Waals surface area (Å²) < 4.78 is 29.4. The molecule has 47 heavy (non-hydrogen) atoms. The molecule has 3 aliphatic rings. The van der Waals surface area contributed by atoms with Crippen LogP contribution >= 0.6 is 11.6 Å². The second-order valence-electron chi connectivity index (χ2n) is 13.6. The summed E-state index contributed by atoms with van der Waals surface area (Å²) in [6, 6.07) is 19.7. The van der Waals surface area contributed by atoms with Crippen molar-refractivity contribution in [1.29, 1.82) is 0 Å². The van der Waals surface area contributed by atoms with Crippen molar-refractivity contribution < 1.29 is 33.6 Å². The monoisotopic (exact) mass is 663 g/mol. The minimum Gasteiger partial charge on any atom is -0.497 e. The molecule has 2 N–H and O–H groups in total. The topological polar surface area (TPSA) is 95.5 Å². The Hall–Kier alpha value is -3.46. The number of carbonyl (C=O) groups excluding carboxylic acids is 1. The van der Waals surface area contributed by atoms with Crippen LogP contribution in [0.15, 0.2) is 60.7 Å². The van der Waals surface area contributed by atoms with Gasteiger partial charge in [-0.25, -0.2) is 4.79 Å². The number of ether oxygens (including phenoxy) is 5. The molecule has 1 unspecified atom stereocenters. The molecule has 1 aliphatic heterocycles. The molecule has 9 heteroatoms. The maximum absolute atomic E-state index is 13.4. The highest BCUT2D eigenvalue weighted by Crippen LogP contribution is 2.58. The van der Waals surface area contributed by atoms with E-state index in [0.717, 1.165) is 54.2 Å². The number of hydrogen-bond donors (Lipinski definition) is 2. The Kier molecular flexibility index (Phi) is 10.2. The summed E-state index contributed by atoms with van der Waals surface area (Å²) in [6.07, 6.45) is 4.62. The van der Waals surface area contributed by atoms with Crippen LogP contribution in [0.5, 0.6) is 17.2 Å². The molecule has 0 amide bonds. The lowest BCUT2D eigenvalue weighted by Crippen LogP contribution is -2.53. The second kappa shape index (κ2) is 14.3. The summed E-state index contributed by atoms with van der Waals surface area (Å²) in [6.45, 7) is 4.31. The van der Waals surface area contributed by atoms with E-state index in [1.165, 1.54) is 18.2 Å². The number of halogens is 1. The summed E-state index contributed by atoms with van der Waals surface area (Å²) >= 11 is 6.29. The maximum atomic E-state index is 13.4. The molecule has 0 saturated heterocycles. The first-order valence-electron chi connectivity index (χ1n) is 16.6. The van der Waals surface area contributed by atoms with Crippen LogP contribution in [-0.4, -0.2) is 57.3 Å². The van der Waals surface area contributed by atoms with Crippen molar-refractivity contribution >= 4 is 23.3 Å². The van der Waals surface area contributed by atoms with Crippen LogP contribution in [0.2, 0.25) is 5.02 Å². The van der Waals surface area contributed by atoms with Gasteiger partial charge in [-0.3, -0.25) is 0 Å². The summed E-state index contributed by atoms with van der Waals surface area (Å²) in [5.74, 6) is 2.69. The maximum Gasteiger partial charge on any atom is 0.331 e. The molecule has 1 fully saturated rings. The van der Waals surface area contributed by atoms with Crippen molar-refractivity contribution in [3.63, 3.8) is 0 Å². The average molecular weight is 664 g/mol. The van der Waals surface area contributed by atoms with Crippen molar-refractivity contribution in [2.24, 2.45) is 17.8 Å². The Morgan fingerprint density at radius 1 is 1.02 bits per heavy atom. The molecule has 3 aromatic carbocycles. The zero-order valence-corrected chi connectivity index (χ0v) is 28.3. The van der Waals surface area contributed by atoms with Crippen LogP contribution in [0.3, 0.4) is 0 Å². The van der Waals surface area contributed by atoms with E-state index in [1.807, 2.05) is 48.5 Å². The van der Waals surface area contributed by atoms with Gasteiger partial charge in [-0.2, -0.15) is 0 Å². The molecule has 2 aliphatic carbocycles. The van der Waals surface area contributed by atoms with Crippen LogP contribution in [0.4, 0.5) is 5.69 Å². The second-order valence-corrected chi connectivity index (χ2v) is 14.0. The van der Waals surface area contributed by atoms with Gasteiger partial charge < -0.3 is 34.1 Å². The third-order valence-electron chi connectivity index (χ3n) is 10.5. The highest BCUT2D eigenvalue weighted by molar-refractivity contribution is 6.30. The van der Waals surface area contributed by atoms with Gasteiger partial charge in [0.15, 0.2) is 11.5 Å². The van der Waals surface area contributed by atoms with Gasteiger partial charge >= 0.3 is 5.97 Å². The highest BCUT2D eigenvalue weighted by Gasteiger charge is 2.54. The van der Waals surface area contributed by atoms with E-state index in [0.29, 0.717) is 50.2 Å². The van der Waals surface area contributed by atoms with Gasteiger partial charge in [0.05, 0.1) is 46.6 Å². The largest absolute Gasteiger partial charge is 0.497 e. The van der Waals surface area contributed by atoms with E-state index in [2.05, 4.69) is 24.4 Å². The Bertz CT molecular complexity index is 1540. The van der Waals surface area contributed by atoms with E-state index in [4.69, 9.17) is 35.3 Å². The number of fused-ring (bicyclic) bond motifs is 3. The standard InChI is InChI=1S/C38H46ClNO7/c1-25(20-41)15-29-16-28-17-34-35(47-24-27(23-46-34)22-45-21-26-7-9-32(43-2)10-8-26)19-33(28)37(29)11-13-38(14-12-37,36(42)44-3)40-31-6-4-5-30(39)18-31/h4-10,17-19,25,27,29,40-41H,11-16,20-24H2,1-3H3/t25-,27?,29+,37-,38-/m1/s1. The predicted molar refractivity (Wildman–Crippen MR) is 182 cm³/mol. The van der Waals surface area contributed by atoms with E-state index in [1.54, 1.807) is 7.11 Å². The number of aliphatic hydroxyl groups is 1. The Labute approximate surface area is 282 Å². The first kappa shape index (κ1) is 33.4. The van der Waals surface area contributed by atoms with Crippen LogP contribution in [0.25, 0.3) is 0 Å². The van der Waals surface area contributed by atoms with Crippen molar-refractivity contribution in [2.75, 3.05) is 46.0 Å². The van der Waals surface area contributed by atoms with Crippen LogP contribution in [0.1, 0.15) is 55.7 Å². The van der Waals surface area contributed by atoms with Crippen molar-refractivity contribution in [2.45, 2.75) is 63.0 Å². The molecule has 0 bridgehead atoms. The van der Waals surface area contributed by atoms with Crippen molar-refractivity contribution in [1.82, 2.24) is 0 Å². The van der Waals surface area contributed by atoms with Gasteiger partial charge in [0.25, 0.3) is 0 Å². The Balaban J connectivity index is 1.19. The van der Waals surface area contributed by atoms with Gasteiger partial charge in [-0.1, -0.05) is 36.7 Å². The highest BCUT2D eigenvalue weighted by atomic mass is 35.5. The molecule has 8 nitrogen and oxygen atoms in total. The molecule has 1 heterocycles. The number of esters is 1. The third kappa shape index (κ3) is 7.06. The molecule has 0 aromatic heterocycles. The molecule has 0 radical (unpaired) electrons. The molecule has 252 valence electrons. The van der Waals surface area contributed by atoms with Crippen LogP contribution < -0.4 is 19.5 Å².